The lowest BCUT2D eigenvalue weighted by atomic mass is 10.2. The Morgan fingerprint density at radius 3 is 2.71 bits per heavy atom. The van der Waals surface area contributed by atoms with Crippen LogP contribution < -0.4 is 5.32 Å². The summed E-state index contributed by atoms with van der Waals surface area (Å²) in [6.45, 7) is 5.57. The molecule has 0 unspecified atom stereocenters. The molecule has 0 saturated carbocycles. The minimum absolute atomic E-state index is 0.118. The number of benzene rings is 1. The van der Waals surface area contributed by atoms with Crippen molar-refractivity contribution in [3.05, 3.63) is 35.6 Å². The second kappa shape index (κ2) is 4.84. The summed E-state index contributed by atoms with van der Waals surface area (Å²) in [5.74, 6) is -0.0914. The standard InChI is InChI=1S/C13H15F2NO/c1-8(2)6-16-7-11-4-9-3-10(14)5-12(15)13(9)17-11/h3-5,8,16H,6-7H2,1-2H3. The van der Waals surface area contributed by atoms with Crippen LogP contribution >= 0.6 is 0 Å². The van der Waals surface area contributed by atoms with Crippen molar-refractivity contribution < 1.29 is 13.2 Å². The molecule has 0 aliphatic carbocycles. The van der Waals surface area contributed by atoms with E-state index in [4.69, 9.17) is 4.42 Å². The van der Waals surface area contributed by atoms with E-state index in [1.807, 2.05) is 0 Å². The number of halogens is 2. The van der Waals surface area contributed by atoms with Crippen LogP contribution in [0.2, 0.25) is 0 Å². The Balaban J connectivity index is 2.17. The molecule has 0 spiro atoms. The van der Waals surface area contributed by atoms with Gasteiger partial charge < -0.3 is 9.73 Å². The summed E-state index contributed by atoms with van der Waals surface area (Å²) in [7, 11) is 0. The topological polar surface area (TPSA) is 25.2 Å². The summed E-state index contributed by atoms with van der Waals surface area (Å²) in [4.78, 5) is 0. The highest BCUT2D eigenvalue weighted by atomic mass is 19.1. The average molecular weight is 239 g/mol. The quantitative estimate of drug-likeness (QED) is 0.883. The molecule has 0 aliphatic rings. The monoisotopic (exact) mass is 239 g/mol. The van der Waals surface area contributed by atoms with Crippen molar-refractivity contribution >= 4 is 11.0 Å². The van der Waals surface area contributed by atoms with Crippen molar-refractivity contribution in [3.63, 3.8) is 0 Å². The Kier molecular flexibility index (Phi) is 3.43. The van der Waals surface area contributed by atoms with Crippen LogP contribution in [0.5, 0.6) is 0 Å². The SMILES string of the molecule is CC(C)CNCc1cc2cc(F)cc(F)c2o1. The molecule has 92 valence electrons. The van der Waals surface area contributed by atoms with Gasteiger partial charge in [0.15, 0.2) is 11.4 Å². The largest absolute Gasteiger partial charge is 0.457 e. The van der Waals surface area contributed by atoms with E-state index in [9.17, 15) is 8.78 Å². The fraction of sp³-hybridized carbons (Fsp3) is 0.385. The molecule has 0 aliphatic heterocycles. The van der Waals surface area contributed by atoms with Crippen LogP contribution in [0.15, 0.2) is 22.6 Å². The van der Waals surface area contributed by atoms with Crippen LogP contribution in [0.4, 0.5) is 8.78 Å². The van der Waals surface area contributed by atoms with E-state index in [0.29, 0.717) is 23.6 Å². The highest BCUT2D eigenvalue weighted by molar-refractivity contribution is 5.78. The molecule has 1 aromatic carbocycles. The first kappa shape index (κ1) is 12.0. The van der Waals surface area contributed by atoms with Gasteiger partial charge >= 0.3 is 0 Å². The van der Waals surface area contributed by atoms with E-state index in [0.717, 1.165) is 12.6 Å². The molecule has 0 atom stereocenters. The molecule has 0 amide bonds. The first-order chi connectivity index (χ1) is 8.06. The maximum absolute atomic E-state index is 13.4. The number of hydrogen-bond donors (Lipinski definition) is 1. The highest BCUT2D eigenvalue weighted by Crippen LogP contribution is 2.23. The zero-order valence-corrected chi connectivity index (χ0v) is 9.89. The Bertz CT molecular complexity index is 519. The molecule has 2 aromatic rings. The van der Waals surface area contributed by atoms with Crippen LogP contribution in [0, 0.1) is 17.6 Å². The first-order valence-electron chi connectivity index (χ1n) is 5.64. The third-order valence-electron chi connectivity index (χ3n) is 2.44. The molecule has 0 radical (unpaired) electrons. The molecule has 2 rings (SSSR count). The maximum Gasteiger partial charge on any atom is 0.170 e. The van der Waals surface area contributed by atoms with Crippen LogP contribution in [0.25, 0.3) is 11.0 Å². The lowest BCUT2D eigenvalue weighted by Gasteiger charge is -2.04. The van der Waals surface area contributed by atoms with E-state index in [-0.39, 0.29) is 5.58 Å². The zero-order chi connectivity index (χ0) is 12.4. The van der Waals surface area contributed by atoms with E-state index < -0.39 is 11.6 Å². The molecule has 1 heterocycles. The zero-order valence-electron chi connectivity index (χ0n) is 9.89. The van der Waals surface area contributed by atoms with Gasteiger partial charge in [-0.3, -0.25) is 0 Å². The van der Waals surface area contributed by atoms with Gasteiger partial charge in [0.1, 0.15) is 11.6 Å². The predicted octanol–water partition coefficient (Wildman–Crippen LogP) is 3.46. The Morgan fingerprint density at radius 2 is 2.00 bits per heavy atom. The van der Waals surface area contributed by atoms with Gasteiger partial charge in [-0.05, 0) is 24.6 Å². The van der Waals surface area contributed by atoms with Crippen molar-refractivity contribution in [1.29, 1.82) is 0 Å². The summed E-state index contributed by atoms with van der Waals surface area (Å²) in [5.41, 5.74) is 0.118. The molecule has 4 heteroatoms. The lowest BCUT2D eigenvalue weighted by Crippen LogP contribution is -2.18. The summed E-state index contributed by atoms with van der Waals surface area (Å²) in [6.07, 6.45) is 0. The predicted molar refractivity (Wildman–Crippen MR) is 62.7 cm³/mol. The Morgan fingerprint density at radius 1 is 1.24 bits per heavy atom. The Labute approximate surface area is 98.6 Å². The van der Waals surface area contributed by atoms with Crippen molar-refractivity contribution in [2.24, 2.45) is 5.92 Å². The van der Waals surface area contributed by atoms with Crippen molar-refractivity contribution in [3.8, 4) is 0 Å². The summed E-state index contributed by atoms with van der Waals surface area (Å²) >= 11 is 0. The minimum Gasteiger partial charge on any atom is -0.457 e. The molecule has 0 bridgehead atoms. The number of hydrogen-bond acceptors (Lipinski definition) is 2. The third kappa shape index (κ3) is 2.82. The van der Waals surface area contributed by atoms with Gasteiger partial charge in [0, 0.05) is 11.5 Å². The van der Waals surface area contributed by atoms with Crippen LogP contribution in [0.1, 0.15) is 19.6 Å². The molecular formula is C13H15F2NO. The minimum atomic E-state index is -0.657. The van der Waals surface area contributed by atoms with Crippen LogP contribution in [-0.4, -0.2) is 6.54 Å². The number of furan rings is 1. The number of rotatable bonds is 4. The fourth-order valence-electron chi connectivity index (χ4n) is 1.70. The number of fused-ring (bicyclic) bond motifs is 1. The van der Waals surface area contributed by atoms with Gasteiger partial charge in [-0.25, -0.2) is 8.78 Å². The molecular weight excluding hydrogens is 224 g/mol. The van der Waals surface area contributed by atoms with Crippen molar-refractivity contribution in [2.45, 2.75) is 20.4 Å². The lowest BCUT2D eigenvalue weighted by molar-refractivity contribution is 0.473. The third-order valence-corrected chi connectivity index (χ3v) is 2.44. The van der Waals surface area contributed by atoms with E-state index in [2.05, 4.69) is 19.2 Å². The molecule has 17 heavy (non-hydrogen) atoms. The normalized spacial score (nSPS) is 11.6. The van der Waals surface area contributed by atoms with Gasteiger partial charge in [-0.1, -0.05) is 13.8 Å². The second-order valence-electron chi connectivity index (χ2n) is 4.54. The average Bonchev–Trinajstić information content (AvgIpc) is 2.60. The van der Waals surface area contributed by atoms with Gasteiger partial charge in [0.05, 0.1) is 6.54 Å². The molecule has 1 N–H and O–H groups in total. The van der Waals surface area contributed by atoms with E-state index >= 15 is 0 Å². The first-order valence-corrected chi connectivity index (χ1v) is 5.64. The number of nitrogens with one attached hydrogen (secondary N) is 1. The maximum atomic E-state index is 13.4. The van der Waals surface area contributed by atoms with Gasteiger partial charge in [-0.15, -0.1) is 0 Å². The Hall–Kier alpha value is -1.42. The van der Waals surface area contributed by atoms with Gasteiger partial charge in [-0.2, -0.15) is 0 Å². The van der Waals surface area contributed by atoms with Crippen LogP contribution in [-0.2, 0) is 6.54 Å². The smallest absolute Gasteiger partial charge is 0.170 e. The second-order valence-corrected chi connectivity index (χ2v) is 4.54. The van der Waals surface area contributed by atoms with Crippen molar-refractivity contribution in [2.75, 3.05) is 6.54 Å². The molecule has 0 fully saturated rings. The van der Waals surface area contributed by atoms with E-state index in [1.54, 1.807) is 6.07 Å². The van der Waals surface area contributed by atoms with E-state index in [1.165, 1.54) is 6.07 Å². The molecule has 1 aromatic heterocycles. The molecule has 2 nitrogen and oxygen atoms in total. The summed E-state index contributed by atoms with van der Waals surface area (Å²) in [5, 5.41) is 3.65. The summed E-state index contributed by atoms with van der Waals surface area (Å²) in [6, 6.07) is 3.76. The molecule has 0 saturated heterocycles. The van der Waals surface area contributed by atoms with Crippen LogP contribution in [0.3, 0.4) is 0 Å². The highest BCUT2D eigenvalue weighted by Gasteiger charge is 2.10. The van der Waals surface area contributed by atoms with Gasteiger partial charge in [0.25, 0.3) is 0 Å². The van der Waals surface area contributed by atoms with Crippen molar-refractivity contribution in [1.82, 2.24) is 5.32 Å². The summed E-state index contributed by atoms with van der Waals surface area (Å²) < 4.78 is 31.7. The van der Waals surface area contributed by atoms with Gasteiger partial charge in [0.2, 0.25) is 0 Å². The fourth-order valence-corrected chi connectivity index (χ4v) is 1.70.